The maximum Gasteiger partial charge on any atom is 0.282 e. The van der Waals surface area contributed by atoms with E-state index in [1.807, 2.05) is 55.5 Å². The van der Waals surface area contributed by atoms with E-state index in [-0.39, 0.29) is 18.3 Å². The van der Waals surface area contributed by atoms with Gasteiger partial charge in [0.05, 0.1) is 20.7 Å². The van der Waals surface area contributed by atoms with Crippen molar-refractivity contribution >= 4 is 55.6 Å². The van der Waals surface area contributed by atoms with Gasteiger partial charge in [-0.2, -0.15) is 9.78 Å². The van der Waals surface area contributed by atoms with Crippen LogP contribution in [0.5, 0.6) is 17.2 Å². The van der Waals surface area contributed by atoms with Gasteiger partial charge in [0.15, 0.2) is 11.5 Å². The molecule has 5 rings (SSSR count). The highest BCUT2D eigenvalue weighted by Crippen LogP contribution is 2.33. The summed E-state index contributed by atoms with van der Waals surface area (Å²) in [5.41, 5.74) is 2.33. The fourth-order valence-corrected chi connectivity index (χ4v) is 4.87. The number of rotatable bonds is 7. The SMILES string of the molecule is CC[C@@H](C)c1nc2ccc(Br)cc2c(=O)n1N=Cc1ccc(OCc2ccc3c(c2)OCO3)c(I)c1. The van der Waals surface area contributed by atoms with Crippen LogP contribution >= 0.6 is 38.5 Å². The van der Waals surface area contributed by atoms with Crippen LogP contribution in [0.1, 0.15) is 43.1 Å². The second-order valence-corrected chi connectivity index (χ2v) is 10.5. The third-order valence-corrected chi connectivity index (χ3v) is 7.33. The van der Waals surface area contributed by atoms with Crippen LogP contribution in [0.2, 0.25) is 0 Å². The lowest BCUT2D eigenvalue weighted by atomic mass is 10.1. The van der Waals surface area contributed by atoms with Crippen LogP contribution in [0.15, 0.2) is 69.0 Å². The Morgan fingerprint density at radius 1 is 1.17 bits per heavy atom. The molecule has 0 radical (unpaired) electrons. The first-order chi connectivity index (χ1) is 17.4. The Morgan fingerprint density at radius 2 is 2.00 bits per heavy atom. The van der Waals surface area contributed by atoms with Crippen molar-refractivity contribution in [3.05, 3.63) is 89.9 Å². The Labute approximate surface area is 230 Å². The molecule has 1 aromatic heterocycles. The summed E-state index contributed by atoms with van der Waals surface area (Å²) in [6.07, 6.45) is 2.53. The lowest BCUT2D eigenvalue weighted by molar-refractivity contribution is 0.174. The molecule has 7 nitrogen and oxygen atoms in total. The van der Waals surface area contributed by atoms with E-state index in [1.54, 1.807) is 12.3 Å². The number of benzene rings is 3. The van der Waals surface area contributed by atoms with Crippen LogP contribution in [0, 0.1) is 3.57 Å². The van der Waals surface area contributed by atoms with Crippen molar-refractivity contribution in [2.45, 2.75) is 32.8 Å². The fourth-order valence-electron chi connectivity index (χ4n) is 3.81. The molecule has 0 amide bonds. The maximum absolute atomic E-state index is 13.3. The largest absolute Gasteiger partial charge is 0.488 e. The zero-order valence-electron chi connectivity index (χ0n) is 19.7. The van der Waals surface area contributed by atoms with Gasteiger partial charge in [-0.25, -0.2) is 4.98 Å². The van der Waals surface area contributed by atoms with Crippen molar-refractivity contribution in [3.63, 3.8) is 0 Å². The second kappa shape index (κ2) is 10.6. The molecule has 1 atom stereocenters. The van der Waals surface area contributed by atoms with Crippen LogP contribution in [-0.4, -0.2) is 22.7 Å². The minimum absolute atomic E-state index is 0.0787. The second-order valence-electron chi connectivity index (χ2n) is 8.47. The summed E-state index contributed by atoms with van der Waals surface area (Å²) in [5, 5.41) is 5.08. The highest BCUT2D eigenvalue weighted by Gasteiger charge is 2.16. The van der Waals surface area contributed by atoms with Crippen molar-refractivity contribution in [2.24, 2.45) is 5.10 Å². The quantitative estimate of drug-likeness (QED) is 0.168. The number of nitrogens with zero attached hydrogens (tertiary/aromatic N) is 3. The third-order valence-electron chi connectivity index (χ3n) is 6.00. The molecule has 0 N–H and O–H groups in total. The van der Waals surface area contributed by atoms with E-state index in [0.29, 0.717) is 23.3 Å². The van der Waals surface area contributed by atoms with Gasteiger partial charge in [0.1, 0.15) is 18.2 Å². The Bertz CT molecular complexity index is 1540. The van der Waals surface area contributed by atoms with E-state index in [1.165, 1.54) is 4.68 Å². The lowest BCUT2D eigenvalue weighted by Gasteiger charge is -2.14. The number of aromatic nitrogens is 2. The molecule has 4 aromatic rings. The van der Waals surface area contributed by atoms with Crippen molar-refractivity contribution in [3.8, 4) is 17.2 Å². The summed E-state index contributed by atoms with van der Waals surface area (Å²) in [5.74, 6) is 2.98. The van der Waals surface area contributed by atoms with E-state index in [4.69, 9.17) is 19.2 Å². The smallest absolute Gasteiger partial charge is 0.282 e. The van der Waals surface area contributed by atoms with E-state index < -0.39 is 0 Å². The van der Waals surface area contributed by atoms with Gasteiger partial charge in [0.2, 0.25) is 6.79 Å². The van der Waals surface area contributed by atoms with Gasteiger partial charge in [-0.05, 0) is 88.7 Å². The fraction of sp³-hybridized carbons (Fsp3) is 0.222. The standard InChI is InChI=1S/C27H23BrIN3O4/c1-3-16(2)26-31-22-7-6-19(28)12-20(22)27(33)32(26)30-13-17-4-8-23(21(29)10-17)34-14-18-5-9-24-25(11-18)36-15-35-24/h4-13,16H,3,14-15H2,1-2H3/t16-/m1/s1. The van der Waals surface area contributed by atoms with Gasteiger partial charge >= 0.3 is 0 Å². The molecule has 184 valence electrons. The zero-order chi connectivity index (χ0) is 25.2. The average molecular weight is 660 g/mol. The molecular weight excluding hydrogens is 637 g/mol. The molecular formula is C27H23BrIN3O4. The highest BCUT2D eigenvalue weighted by atomic mass is 127. The Hall–Kier alpha value is -2.92. The molecule has 0 aliphatic carbocycles. The van der Waals surface area contributed by atoms with Crippen LogP contribution in [0.25, 0.3) is 10.9 Å². The topological polar surface area (TPSA) is 74.9 Å². The average Bonchev–Trinajstić information content (AvgIpc) is 3.35. The first-order valence-electron chi connectivity index (χ1n) is 11.5. The molecule has 0 bridgehead atoms. The molecule has 0 saturated heterocycles. The summed E-state index contributed by atoms with van der Waals surface area (Å²) < 4.78 is 20.0. The van der Waals surface area contributed by atoms with Gasteiger partial charge in [0.25, 0.3) is 5.56 Å². The summed E-state index contributed by atoms with van der Waals surface area (Å²) in [6.45, 7) is 4.78. The molecule has 1 aliphatic rings. The van der Waals surface area contributed by atoms with Crippen molar-refractivity contribution in [1.29, 1.82) is 0 Å². The first kappa shape index (κ1) is 24.8. The summed E-state index contributed by atoms with van der Waals surface area (Å²) in [6, 6.07) is 17.1. The molecule has 0 fully saturated rings. The summed E-state index contributed by atoms with van der Waals surface area (Å²) in [7, 11) is 0. The van der Waals surface area contributed by atoms with Gasteiger partial charge in [0, 0.05) is 10.4 Å². The molecule has 36 heavy (non-hydrogen) atoms. The van der Waals surface area contributed by atoms with Gasteiger partial charge in [-0.3, -0.25) is 4.79 Å². The normalized spacial score (nSPS) is 13.4. The minimum Gasteiger partial charge on any atom is -0.488 e. The number of ether oxygens (including phenoxy) is 3. The summed E-state index contributed by atoms with van der Waals surface area (Å²) in [4.78, 5) is 18.1. The first-order valence-corrected chi connectivity index (χ1v) is 13.4. The van der Waals surface area contributed by atoms with Crippen LogP contribution in [0.3, 0.4) is 0 Å². The minimum atomic E-state index is -0.189. The zero-order valence-corrected chi connectivity index (χ0v) is 23.4. The predicted octanol–water partition coefficient (Wildman–Crippen LogP) is 6.47. The number of halogens is 2. The van der Waals surface area contributed by atoms with Crippen molar-refractivity contribution in [2.75, 3.05) is 6.79 Å². The Morgan fingerprint density at radius 3 is 2.81 bits per heavy atom. The number of hydrogen-bond acceptors (Lipinski definition) is 6. The van der Waals surface area contributed by atoms with Crippen LogP contribution < -0.4 is 19.8 Å². The molecule has 1 aliphatic heterocycles. The van der Waals surface area contributed by atoms with Crippen molar-refractivity contribution < 1.29 is 14.2 Å². The van der Waals surface area contributed by atoms with Crippen molar-refractivity contribution in [1.82, 2.24) is 9.66 Å². The van der Waals surface area contributed by atoms with E-state index >= 15 is 0 Å². The summed E-state index contributed by atoms with van der Waals surface area (Å²) >= 11 is 5.68. The number of hydrogen-bond donors (Lipinski definition) is 0. The highest BCUT2D eigenvalue weighted by molar-refractivity contribution is 14.1. The van der Waals surface area contributed by atoms with Gasteiger partial charge < -0.3 is 14.2 Å². The molecule has 0 unspecified atom stereocenters. The van der Waals surface area contributed by atoms with E-state index in [2.05, 4.69) is 50.5 Å². The Balaban J connectivity index is 1.39. The molecule has 2 heterocycles. The number of fused-ring (bicyclic) bond motifs is 2. The van der Waals surface area contributed by atoms with Crippen LogP contribution in [-0.2, 0) is 6.61 Å². The Kier molecular flexibility index (Phi) is 7.29. The third kappa shape index (κ3) is 5.12. The molecule has 0 spiro atoms. The predicted molar refractivity (Wildman–Crippen MR) is 151 cm³/mol. The van der Waals surface area contributed by atoms with Gasteiger partial charge in [-0.1, -0.05) is 35.8 Å². The van der Waals surface area contributed by atoms with Crippen LogP contribution in [0.4, 0.5) is 0 Å². The van der Waals surface area contributed by atoms with E-state index in [9.17, 15) is 4.79 Å². The van der Waals surface area contributed by atoms with Gasteiger partial charge in [-0.15, -0.1) is 0 Å². The monoisotopic (exact) mass is 659 g/mol. The molecule has 9 heteroatoms. The maximum atomic E-state index is 13.3. The molecule has 0 saturated carbocycles. The van der Waals surface area contributed by atoms with E-state index in [0.717, 1.165) is 42.8 Å². The molecule has 3 aromatic carbocycles. The lowest BCUT2D eigenvalue weighted by Crippen LogP contribution is -2.23.